The van der Waals surface area contributed by atoms with E-state index in [4.69, 9.17) is 5.14 Å². The molecule has 0 saturated heterocycles. The number of hydrogen-bond acceptors (Lipinski definition) is 3. The van der Waals surface area contributed by atoms with Crippen molar-refractivity contribution >= 4 is 15.9 Å². The summed E-state index contributed by atoms with van der Waals surface area (Å²) in [7, 11) is -3.77. The van der Waals surface area contributed by atoms with Crippen LogP contribution in [0.15, 0.2) is 17.2 Å². The molecular weight excluding hydrogens is 254 g/mol. The van der Waals surface area contributed by atoms with Gasteiger partial charge in [-0.1, -0.05) is 12.8 Å². The summed E-state index contributed by atoms with van der Waals surface area (Å²) < 4.78 is 22.2. The van der Waals surface area contributed by atoms with Crippen molar-refractivity contribution in [3.63, 3.8) is 0 Å². The van der Waals surface area contributed by atoms with E-state index in [2.05, 4.69) is 10.3 Å². The maximum atomic E-state index is 12.0. The summed E-state index contributed by atoms with van der Waals surface area (Å²) in [6.45, 7) is 2.00. The highest BCUT2D eigenvalue weighted by Gasteiger charge is 2.30. The van der Waals surface area contributed by atoms with Crippen molar-refractivity contribution < 1.29 is 13.2 Å². The van der Waals surface area contributed by atoms with Gasteiger partial charge in [-0.05, 0) is 25.8 Å². The molecule has 0 spiro atoms. The third kappa shape index (κ3) is 2.73. The lowest BCUT2D eigenvalue weighted by Gasteiger charge is -2.24. The van der Waals surface area contributed by atoms with Crippen molar-refractivity contribution in [2.45, 2.75) is 43.0 Å². The fraction of sp³-hybridized carbons (Fsp3) is 0.545. The highest BCUT2D eigenvalue weighted by Crippen LogP contribution is 2.29. The van der Waals surface area contributed by atoms with Crippen LogP contribution < -0.4 is 10.5 Å². The van der Waals surface area contributed by atoms with Gasteiger partial charge in [0.25, 0.3) is 5.91 Å². The van der Waals surface area contributed by atoms with Gasteiger partial charge in [0.15, 0.2) is 0 Å². The predicted molar refractivity (Wildman–Crippen MR) is 66.5 cm³/mol. The van der Waals surface area contributed by atoms with E-state index >= 15 is 0 Å². The molecule has 0 unspecified atom stereocenters. The number of aromatic amines is 1. The van der Waals surface area contributed by atoms with Crippen LogP contribution in [0.2, 0.25) is 0 Å². The topological polar surface area (TPSA) is 105 Å². The Kier molecular flexibility index (Phi) is 3.20. The highest BCUT2D eigenvalue weighted by atomic mass is 32.2. The van der Waals surface area contributed by atoms with E-state index in [0.29, 0.717) is 0 Å². The minimum atomic E-state index is -3.77. The molecule has 1 heterocycles. The first-order valence-electron chi connectivity index (χ1n) is 5.84. The fourth-order valence-electron chi connectivity index (χ4n) is 2.29. The SMILES string of the molecule is CC1(NC(=O)c2cc(S(N)(=O)=O)c[nH]2)CCCC1. The summed E-state index contributed by atoms with van der Waals surface area (Å²) in [6.07, 6.45) is 5.32. The van der Waals surface area contributed by atoms with Crippen LogP contribution in [-0.2, 0) is 10.0 Å². The second-order valence-electron chi connectivity index (χ2n) is 5.02. The first-order chi connectivity index (χ1) is 8.30. The van der Waals surface area contributed by atoms with E-state index in [9.17, 15) is 13.2 Å². The molecule has 0 atom stereocenters. The van der Waals surface area contributed by atoms with Gasteiger partial charge in [0.05, 0.1) is 4.90 Å². The van der Waals surface area contributed by atoms with Crippen LogP contribution in [0.25, 0.3) is 0 Å². The summed E-state index contributed by atoms with van der Waals surface area (Å²) >= 11 is 0. The number of carbonyl (C=O) groups excluding carboxylic acids is 1. The number of rotatable bonds is 3. The van der Waals surface area contributed by atoms with Gasteiger partial charge in [0.1, 0.15) is 5.69 Å². The Balaban J connectivity index is 2.12. The van der Waals surface area contributed by atoms with E-state index in [0.717, 1.165) is 25.7 Å². The molecule has 18 heavy (non-hydrogen) atoms. The van der Waals surface area contributed by atoms with Crippen molar-refractivity contribution in [1.29, 1.82) is 0 Å². The number of aromatic nitrogens is 1. The number of H-pyrrole nitrogens is 1. The van der Waals surface area contributed by atoms with E-state index in [-0.39, 0.29) is 22.0 Å². The number of nitrogens with one attached hydrogen (secondary N) is 2. The average molecular weight is 271 g/mol. The number of carbonyl (C=O) groups is 1. The summed E-state index contributed by atoms with van der Waals surface area (Å²) in [4.78, 5) is 14.5. The van der Waals surface area contributed by atoms with Gasteiger partial charge in [-0.25, -0.2) is 13.6 Å². The first kappa shape index (κ1) is 13.1. The molecule has 4 N–H and O–H groups in total. The lowest BCUT2D eigenvalue weighted by Crippen LogP contribution is -2.43. The average Bonchev–Trinajstić information content (AvgIpc) is 2.84. The Morgan fingerprint density at radius 1 is 1.44 bits per heavy atom. The van der Waals surface area contributed by atoms with Gasteiger partial charge < -0.3 is 10.3 Å². The molecule has 1 saturated carbocycles. The molecule has 0 aromatic carbocycles. The zero-order chi connectivity index (χ0) is 13.4. The number of amides is 1. The van der Waals surface area contributed by atoms with E-state index < -0.39 is 10.0 Å². The van der Waals surface area contributed by atoms with E-state index in [1.165, 1.54) is 12.3 Å². The molecule has 7 heteroatoms. The third-order valence-electron chi connectivity index (χ3n) is 3.35. The Bertz CT molecular complexity index is 556. The number of primary sulfonamides is 1. The van der Waals surface area contributed by atoms with Crippen LogP contribution in [0.3, 0.4) is 0 Å². The minimum absolute atomic E-state index is 0.0794. The van der Waals surface area contributed by atoms with Gasteiger partial charge in [-0.3, -0.25) is 4.79 Å². The Morgan fingerprint density at radius 3 is 2.56 bits per heavy atom. The standard InChI is InChI=1S/C11H17N3O3S/c1-11(4-2-3-5-11)14-10(15)9-6-8(7-13-9)18(12,16)17/h6-7,13H,2-5H2,1H3,(H,14,15)(H2,12,16,17). The maximum absolute atomic E-state index is 12.0. The molecular formula is C11H17N3O3S. The predicted octanol–water partition coefficient (Wildman–Crippen LogP) is 0.725. The monoisotopic (exact) mass is 271 g/mol. The Hall–Kier alpha value is -1.34. The highest BCUT2D eigenvalue weighted by molar-refractivity contribution is 7.89. The molecule has 0 aliphatic heterocycles. The van der Waals surface area contributed by atoms with Gasteiger partial charge in [0.2, 0.25) is 10.0 Å². The lowest BCUT2D eigenvalue weighted by molar-refractivity contribution is 0.0903. The van der Waals surface area contributed by atoms with Crippen molar-refractivity contribution in [3.05, 3.63) is 18.0 Å². The molecule has 0 radical (unpaired) electrons. The van der Waals surface area contributed by atoms with Gasteiger partial charge in [-0.2, -0.15) is 0 Å². The molecule has 1 fully saturated rings. The molecule has 1 aliphatic carbocycles. The van der Waals surface area contributed by atoms with E-state index in [1.807, 2.05) is 6.92 Å². The van der Waals surface area contributed by atoms with Crippen LogP contribution in [0.4, 0.5) is 0 Å². The molecule has 6 nitrogen and oxygen atoms in total. The van der Waals surface area contributed by atoms with Crippen molar-refractivity contribution in [1.82, 2.24) is 10.3 Å². The van der Waals surface area contributed by atoms with Crippen LogP contribution >= 0.6 is 0 Å². The van der Waals surface area contributed by atoms with E-state index in [1.54, 1.807) is 0 Å². The summed E-state index contributed by atoms with van der Waals surface area (Å²) in [5, 5.41) is 7.91. The fourth-order valence-corrected chi connectivity index (χ4v) is 2.80. The second-order valence-corrected chi connectivity index (χ2v) is 6.58. The molecule has 2 rings (SSSR count). The maximum Gasteiger partial charge on any atom is 0.268 e. The quantitative estimate of drug-likeness (QED) is 0.754. The van der Waals surface area contributed by atoms with Crippen molar-refractivity contribution in [2.24, 2.45) is 5.14 Å². The molecule has 0 bridgehead atoms. The lowest BCUT2D eigenvalue weighted by atomic mass is 10.0. The van der Waals surface area contributed by atoms with Crippen molar-refractivity contribution in [2.75, 3.05) is 0 Å². The third-order valence-corrected chi connectivity index (χ3v) is 4.24. The van der Waals surface area contributed by atoms with Crippen LogP contribution in [-0.4, -0.2) is 24.8 Å². The normalized spacial score (nSPS) is 18.8. The molecule has 100 valence electrons. The number of hydrogen-bond donors (Lipinski definition) is 3. The number of nitrogens with two attached hydrogens (primary N) is 1. The van der Waals surface area contributed by atoms with Gasteiger partial charge >= 0.3 is 0 Å². The smallest absolute Gasteiger partial charge is 0.268 e. The number of sulfonamides is 1. The van der Waals surface area contributed by atoms with Crippen LogP contribution in [0.1, 0.15) is 43.1 Å². The second kappa shape index (κ2) is 4.40. The zero-order valence-electron chi connectivity index (χ0n) is 10.2. The zero-order valence-corrected chi connectivity index (χ0v) is 11.0. The van der Waals surface area contributed by atoms with Gasteiger partial charge in [0, 0.05) is 11.7 Å². The summed E-state index contributed by atoms with van der Waals surface area (Å²) in [6, 6.07) is 1.25. The minimum Gasteiger partial charge on any atom is -0.356 e. The van der Waals surface area contributed by atoms with Crippen LogP contribution in [0, 0.1) is 0 Å². The van der Waals surface area contributed by atoms with Gasteiger partial charge in [-0.15, -0.1) is 0 Å². The van der Waals surface area contributed by atoms with Crippen LogP contribution in [0.5, 0.6) is 0 Å². The Labute approximate surface area is 106 Å². The summed E-state index contributed by atoms with van der Waals surface area (Å²) in [5.74, 6) is -0.297. The Morgan fingerprint density at radius 2 is 2.06 bits per heavy atom. The summed E-state index contributed by atoms with van der Waals surface area (Å²) in [5.41, 5.74) is 0.0244. The molecule has 1 aromatic rings. The molecule has 1 aliphatic rings. The van der Waals surface area contributed by atoms with Crippen molar-refractivity contribution in [3.8, 4) is 0 Å². The first-order valence-corrected chi connectivity index (χ1v) is 7.39. The largest absolute Gasteiger partial charge is 0.356 e. The molecule has 1 aromatic heterocycles. The molecule has 1 amide bonds.